The van der Waals surface area contributed by atoms with Gasteiger partial charge in [-0.25, -0.2) is 0 Å². The summed E-state index contributed by atoms with van der Waals surface area (Å²) in [6, 6.07) is 0. The van der Waals surface area contributed by atoms with Gasteiger partial charge in [0.05, 0.1) is 11.3 Å². The number of carbonyl (C=O) groups is 2. The fourth-order valence-electron chi connectivity index (χ4n) is 5.13. The lowest BCUT2D eigenvalue weighted by molar-refractivity contribution is -0.164. The Morgan fingerprint density at radius 3 is 1.96 bits per heavy atom. The van der Waals surface area contributed by atoms with E-state index in [1.165, 1.54) is 12.8 Å². The van der Waals surface area contributed by atoms with E-state index < -0.39 is 23.3 Å². The minimum absolute atomic E-state index is 0.222. The molecule has 0 spiro atoms. The van der Waals surface area contributed by atoms with E-state index in [4.69, 9.17) is 0 Å². The average molecular weight is 397 g/mol. The predicted octanol–water partition coefficient (Wildman–Crippen LogP) is 6.77. The molecule has 0 amide bonds. The Kier molecular flexibility index (Phi) is 11.1. The van der Waals surface area contributed by atoms with Crippen LogP contribution in [0.15, 0.2) is 0 Å². The Bertz CT molecular complexity index is 471. The van der Waals surface area contributed by atoms with Crippen LogP contribution in [0.4, 0.5) is 0 Å². The topological polar surface area (TPSA) is 74.6 Å². The molecule has 1 aliphatic rings. The van der Waals surface area contributed by atoms with E-state index in [2.05, 4.69) is 27.7 Å². The van der Waals surface area contributed by atoms with E-state index >= 15 is 0 Å². The van der Waals surface area contributed by atoms with Gasteiger partial charge in [-0.2, -0.15) is 0 Å². The highest BCUT2D eigenvalue weighted by molar-refractivity contribution is 5.78. The van der Waals surface area contributed by atoms with Gasteiger partial charge >= 0.3 is 11.9 Å². The molecule has 3 atom stereocenters. The average Bonchev–Trinajstić information content (AvgIpc) is 2.60. The summed E-state index contributed by atoms with van der Waals surface area (Å²) in [4.78, 5) is 24.3. The van der Waals surface area contributed by atoms with E-state index in [0.717, 1.165) is 51.4 Å². The first kappa shape index (κ1) is 25.0. The summed E-state index contributed by atoms with van der Waals surface area (Å²) in [5.41, 5.74) is -0.836. The van der Waals surface area contributed by atoms with Crippen molar-refractivity contribution in [2.75, 3.05) is 0 Å². The molecule has 1 aliphatic carbocycles. The van der Waals surface area contributed by atoms with Crippen LogP contribution in [0.5, 0.6) is 0 Å². The van der Waals surface area contributed by atoms with E-state index in [1.807, 2.05) is 0 Å². The van der Waals surface area contributed by atoms with Crippen molar-refractivity contribution in [1.82, 2.24) is 0 Å². The first-order valence-electron chi connectivity index (χ1n) is 11.7. The number of hydrogen-bond acceptors (Lipinski definition) is 2. The summed E-state index contributed by atoms with van der Waals surface area (Å²) >= 11 is 0. The third kappa shape index (κ3) is 7.75. The Balaban J connectivity index is 2.78. The van der Waals surface area contributed by atoms with Crippen LogP contribution < -0.4 is 0 Å². The summed E-state index contributed by atoms with van der Waals surface area (Å²) < 4.78 is 0. The summed E-state index contributed by atoms with van der Waals surface area (Å²) in [5.74, 6) is -0.902. The minimum atomic E-state index is -0.836. The van der Waals surface area contributed by atoms with E-state index in [-0.39, 0.29) is 5.92 Å². The highest BCUT2D eigenvalue weighted by Crippen LogP contribution is 2.50. The molecule has 0 aromatic rings. The van der Waals surface area contributed by atoms with Crippen LogP contribution in [0.2, 0.25) is 0 Å². The molecule has 4 heteroatoms. The lowest BCUT2D eigenvalue weighted by atomic mass is 9.58. The van der Waals surface area contributed by atoms with Crippen LogP contribution in [-0.2, 0) is 9.59 Å². The van der Waals surface area contributed by atoms with Gasteiger partial charge < -0.3 is 10.2 Å². The molecule has 0 aromatic heterocycles. The third-order valence-electron chi connectivity index (χ3n) is 6.78. The van der Waals surface area contributed by atoms with Crippen LogP contribution in [-0.4, -0.2) is 22.2 Å². The van der Waals surface area contributed by atoms with Crippen LogP contribution in [0.25, 0.3) is 0 Å². The van der Waals surface area contributed by atoms with Crippen molar-refractivity contribution in [3.63, 3.8) is 0 Å². The fraction of sp³-hybridized carbons (Fsp3) is 0.917. The van der Waals surface area contributed by atoms with Gasteiger partial charge in [-0.3, -0.25) is 9.59 Å². The molecule has 0 bridgehead atoms. The normalized spacial score (nSPS) is 25.4. The maximum absolute atomic E-state index is 12.4. The van der Waals surface area contributed by atoms with Gasteiger partial charge in [0.2, 0.25) is 0 Å². The standard InChI is InChI=1S/C24H44O4/c1-18(2)12-7-5-9-15-21-20(22(25)26)14-11-17-24(21,23(27)28)16-10-6-8-13-19(3)4/h18-21H,5-17H2,1-4H3,(H,25,26)(H,27,28). The first-order chi connectivity index (χ1) is 13.2. The molecule has 4 nitrogen and oxygen atoms in total. The van der Waals surface area contributed by atoms with Crippen LogP contribution in [0.1, 0.15) is 111 Å². The van der Waals surface area contributed by atoms with Crippen molar-refractivity contribution in [3.05, 3.63) is 0 Å². The molecule has 0 aliphatic heterocycles. The van der Waals surface area contributed by atoms with Crippen LogP contribution in [0, 0.1) is 29.1 Å². The first-order valence-corrected chi connectivity index (χ1v) is 11.7. The van der Waals surface area contributed by atoms with Crippen molar-refractivity contribution >= 4 is 11.9 Å². The monoisotopic (exact) mass is 396 g/mol. The quantitative estimate of drug-likeness (QED) is 0.318. The maximum Gasteiger partial charge on any atom is 0.309 e. The third-order valence-corrected chi connectivity index (χ3v) is 6.78. The van der Waals surface area contributed by atoms with Gasteiger partial charge in [0, 0.05) is 0 Å². The molecule has 0 aromatic carbocycles. The summed E-state index contributed by atoms with van der Waals surface area (Å²) in [6.07, 6.45) is 12.0. The summed E-state index contributed by atoms with van der Waals surface area (Å²) in [5, 5.41) is 20.0. The number of hydrogen-bond donors (Lipinski definition) is 2. The molecular formula is C24H44O4. The Labute approximate surface area is 172 Å². The largest absolute Gasteiger partial charge is 0.481 e. The Morgan fingerprint density at radius 1 is 0.893 bits per heavy atom. The highest BCUT2D eigenvalue weighted by Gasteiger charge is 2.52. The lowest BCUT2D eigenvalue weighted by Crippen LogP contribution is -2.47. The van der Waals surface area contributed by atoms with Crippen LogP contribution >= 0.6 is 0 Å². The number of aliphatic carboxylic acids is 2. The minimum Gasteiger partial charge on any atom is -0.481 e. The molecule has 0 heterocycles. The van der Waals surface area contributed by atoms with Gasteiger partial charge in [-0.15, -0.1) is 0 Å². The second-order valence-corrected chi connectivity index (χ2v) is 9.93. The van der Waals surface area contributed by atoms with Crippen LogP contribution in [0.3, 0.4) is 0 Å². The zero-order chi connectivity index (χ0) is 21.2. The van der Waals surface area contributed by atoms with Crippen molar-refractivity contribution < 1.29 is 19.8 Å². The van der Waals surface area contributed by atoms with Gasteiger partial charge in [-0.1, -0.05) is 85.5 Å². The second-order valence-electron chi connectivity index (χ2n) is 9.93. The van der Waals surface area contributed by atoms with Gasteiger partial charge in [0.1, 0.15) is 0 Å². The van der Waals surface area contributed by atoms with Crippen molar-refractivity contribution in [2.24, 2.45) is 29.1 Å². The molecule has 0 radical (unpaired) electrons. The molecule has 0 saturated heterocycles. The number of rotatable bonds is 14. The second kappa shape index (κ2) is 12.5. The number of unbranched alkanes of at least 4 members (excludes halogenated alkanes) is 4. The van der Waals surface area contributed by atoms with E-state index in [0.29, 0.717) is 31.1 Å². The molecule has 164 valence electrons. The zero-order valence-corrected chi connectivity index (χ0v) is 18.7. The molecule has 2 N–H and O–H groups in total. The molecule has 1 fully saturated rings. The maximum atomic E-state index is 12.4. The number of carboxylic acids is 2. The van der Waals surface area contributed by atoms with Crippen molar-refractivity contribution in [3.8, 4) is 0 Å². The van der Waals surface area contributed by atoms with E-state index in [1.54, 1.807) is 0 Å². The summed E-state index contributed by atoms with van der Waals surface area (Å²) in [6.45, 7) is 8.87. The zero-order valence-electron chi connectivity index (χ0n) is 18.7. The van der Waals surface area contributed by atoms with E-state index in [9.17, 15) is 19.8 Å². The Morgan fingerprint density at radius 2 is 1.46 bits per heavy atom. The molecule has 1 rings (SSSR count). The number of carboxylic acid groups (broad SMARTS) is 2. The van der Waals surface area contributed by atoms with Gasteiger partial charge in [0.15, 0.2) is 0 Å². The van der Waals surface area contributed by atoms with Gasteiger partial charge in [-0.05, 0) is 43.4 Å². The van der Waals surface area contributed by atoms with Crippen molar-refractivity contribution in [2.45, 2.75) is 111 Å². The smallest absolute Gasteiger partial charge is 0.309 e. The SMILES string of the molecule is CC(C)CCCCCC1C(C(=O)O)CCCC1(CCCCCC(C)C)C(=O)O. The van der Waals surface area contributed by atoms with Crippen molar-refractivity contribution in [1.29, 1.82) is 0 Å². The molecule has 1 saturated carbocycles. The molecule has 3 unspecified atom stereocenters. The fourth-order valence-corrected chi connectivity index (χ4v) is 5.13. The van der Waals surface area contributed by atoms with Gasteiger partial charge in [0.25, 0.3) is 0 Å². The summed E-state index contributed by atoms with van der Waals surface area (Å²) in [7, 11) is 0. The molecule has 28 heavy (non-hydrogen) atoms. The molecular weight excluding hydrogens is 352 g/mol. The highest BCUT2D eigenvalue weighted by atomic mass is 16.4. The predicted molar refractivity (Wildman–Crippen MR) is 114 cm³/mol. The lowest BCUT2D eigenvalue weighted by Gasteiger charge is -2.44. The Hall–Kier alpha value is -1.06.